The van der Waals surface area contributed by atoms with Crippen LogP contribution in [0.2, 0.25) is 10.2 Å². The summed E-state index contributed by atoms with van der Waals surface area (Å²) in [6, 6.07) is 10.7. The smallest absolute Gasteiger partial charge is 0.132 e. The molecule has 0 bridgehead atoms. The van der Waals surface area contributed by atoms with Crippen molar-refractivity contribution in [1.29, 1.82) is 0 Å². The maximum absolute atomic E-state index is 6.00. The van der Waals surface area contributed by atoms with Crippen LogP contribution in [-0.2, 0) is 6.61 Å². The van der Waals surface area contributed by atoms with Crippen LogP contribution in [0, 0.1) is 0 Å². The number of rotatable bonds is 4. The third kappa shape index (κ3) is 3.28. The number of aromatic nitrogens is 1. The molecular weight excluding hydrogens is 273 g/mol. The number of methoxy groups -OCH3 is 1. The molecule has 1 aromatic carbocycles. The second-order valence-electron chi connectivity index (χ2n) is 3.53. The predicted octanol–water partition coefficient (Wildman–Crippen LogP) is 3.98. The molecule has 0 atom stereocenters. The summed E-state index contributed by atoms with van der Waals surface area (Å²) in [5, 5.41) is 0.922. The molecule has 0 fully saturated rings. The summed E-state index contributed by atoms with van der Waals surface area (Å²) in [5.74, 6) is 1.42. The van der Waals surface area contributed by atoms with Crippen LogP contribution in [0.3, 0.4) is 0 Å². The SMILES string of the molecule is COc1cccc(OCc2nc(Cl)ccc2Cl)c1. The van der Waals surface area contributed by atoms with Gasteiger partial charge in [-0.3, -0.25) is 0 Å². The van der Waals surface area contributed by atoms with Gasteiger partial charge in [0.05, 0.1) is 17.8 Å². The van der Waals surface area contributed by atoms with Gasteiger partial charge in [0, 0.05) is 6.07 Å². The first-order valence-corrected chi connectivity index (χ1v) is 6.02. The fraction of sp³-hybridized carbons (Fsp3) is 0.154. The van der Waals surface area contributed by atoms with Gasteiger partial charge in [-0.1, -0.05) is 29.3 Å². The maximum Gasteiger partial charge on any atom is 0.132 e. The van der Waals surface area contributed by atoms with Crippen molar-refractivity contribution in [2.24, 2.45) is 0 Å². The fourth-order valence-electron chi connectivity index (χ4n) is 1.40. The van der Waals surface area contributed by atoms with Crippen molar-refractivity contribution >= 4 is 23.2 Å². The Balaban J connectivity index is 2.08. The van der Waals surface area contributed by atoms with E-state index in [0.717, 1.165) is 5.75 Å². The Morgan fingerprint density at radius 2 is 1.89 bits per heavy atom. The number of hydrogen-bond acceptors (Lipinski definition) is 3. The highest BCUT2D eigenvalue weighted by Crippen LogP contribution is 2.22. The van der Waals surface area contributed by atoms with E-state index < -0.39 is 0 Å². The van der Waals surface area contributed by atoms with Gasteiger partial charge in [-0.25, -0.2) is 4.98 Å². The van der Waals surface area contributed by atoms with E-state index in [9.17, 15) is 0 Å². The van der Waals surface area contributed by atoms with Crippen LogP contribution in [0.15, 0.2) is 36.4 Å². The Kier molecular flexibility index (Phi) is 4.28. The van der Waals surface area contributed by atoms with E-state index in [1.54, 1.807) is 25.3 Å². The van der Waals surface area contributed by atoms with Crippen molar-refractivity contribution < 1.29 is 9.47 Å². The summed E-state index contributed by atoms with van der Waals surface area (Å²) in [7, 11) is 1.61. The van der Waals surface area contributed by atoms with Gasteiger partial charge in [-0.05, 0) is 24.3 Å². The van der Waals surface area contributed by atoms with Gasteiger partial charge >= 0.3 is 0 Å². The first-order valence-electron chi connectivity index (χ1n) is 5.27. The lowest BCUT2D eigenvalue weighted by Gasteiger charge is -2.08. The minimum atomic E-state index is 0.257. The number of ether oxygens (including phenoxy) is 2. The van der Waals surface area contributed by atoms with E-state index in [1.165, 1.54) is 0 Å². The average molecular weight is 284 g/mol. The van der Waals surface area contributed by atoms with Crippen molar-refractivity contribution in [2.75, 3.05) is 7.11 Å². The van der Waals surface area contributed by atoms with Gasteiger partial charge < -0.3 is 9.47 Å². The Hall–Kier alpha value is -1.45. The number of halogens is 2. The second kappa shape index (κ2) is 5.94. The molecule has 0 aliphatic rings. The molecule has 0 radical (unpaired) electrons. The summed E-state index contributed by atoms with van der Waals surface area (Å²) in [5.41, 5.74) is 0.604. The first-order chi connectivity index (χ1) is 8.69. The third-order valence-electron chi connectivity index (χ3n) is 2.30. The molecule has 94 valence electrons. The van der Waals surface area contributed by atoms with E-state index in [0.29, 0.717) is 21.6 Å². The van der Waals surface area contributed by atoms with Crippen LogP contribution in [0.25, 0.3) is 0 Å². The number of nitrogens with zero attached hydrogens (tertiary/aromatic N) is 1. The lowest BCUT2D eigenvalue weighted by Crippen LogP contribution is -1.99. The molecule has 0 saturated carbocycles. The van der Waals surface area contributed by atoms with Crippen molar-refractivity contribution in [1.82, 2.24) is 4.98 Å². The van der Waals surface area contributed by atoms with Crippen LogP contribution in [0.4, 0.5) is 0 Å². The van der Waals surface area contributed by atoms with Crippen molar-refractivity contribution in [3.63, 3.8) is 0 Å². The number of hydrogen-bond donors (Lipinski definition) is 0. The zero-order valence-corrected chi connectivity index (χ0v) is 11.2. The molecular formula is C13H11Cl2NO2. The fourth-order valence-corrected chi connectivity index (χ4v) is 1.73. The molecule has 0 saturated heterocycles. The normalized spacial score (nSPS) is 10.2. The molecule has 2 rings (SSSR count). The molecule has 0 aliphatic carbocycles. The summed E-state index contributed by atoms with van der Waals surface area (Å²) < 4.78 is 10.7. The van der Waals surface area contributed by atoms with Crippen LogP contribution in [0.5, 0.6) is 11.5 Å². The van der Waals surface area contributed by atoms with Crippen molar-refractivity contribution in [3.05, 3.63) is 52.3 Å². The quantitative estimate of drug-likeness (QED) is 0.796. The Morgan fingerprint density at radius 3 is 2.67 bits per heavy atom. The highest BCUT2D eigenvalue weighted by molar-refractivity contribution is 6.32. The highest BCUT2D eigenvalue weighted by Gasteiger charge is 2.05. The van der Waals surface area contributed by atoms with Gasteiger partial charge in [-0.2, -0.15) is 0 Å². The molecule has 2 aromatic rings. The van der Waals surface area contributed by atoms with Gasteiger partial charge in [0.1, 0.15) is 23.3 Å². The van der Waals surface area contributed by atoms with Gasteiger partial charge in [0.25, 0.3) is 0 Å². The summed E-state index contributed by atoms with van der Waals surface area (Å²) in [4.78, 5) is 4.11. The lowest BCUT2D eigenvalue weighted by molar-refractivity contribution is 0.299. The molecule has 0 amide bonds. The van der Waals surface area contributed by atoms with E-state index in [4.69, 9.17) is 32.7 Å². The zero-order valence-electron chi connectivity index (χ0n) is 9.69. The molecule has 0 unspecified atom stereocenters. The molecule has 3 nitrogen and oxygen atoms in total. The Labute approximate surface area is 115 Å². The first kappa shape index (κ1) is 13.0. The van der Waals surface area contributed by atoms with Crippen LogP contribution >= 0.6 is 23.2 Å². The topological polar surface area (TPSA) is 31.4 Å². The van der Waals surface area contributed by atoms with E-state index >= 15 is 0 Å². The van der Waals surface area contributed by atoms with Crippen molar-refractivity contribution in [2.45, 2.75) is 6.61 Å². The highest BCUT2D eigenvalue weighted by atomic mass is 35.5. The summed E-state index contributed by atoms with van der Waals surface area (Å²) in [6.07, 6.45) is 0. The van der Waals surface area contributed by atoms with Gasteiger partial charge in [0.15, 0.2) is 0 Å². The van der Waals surface area contributed by atoms with Crippen LogP contribution in [0.1, 0.15) is 5.69 Å². The molecule has 18 heavy (non-hydrogen) atoms. The van der Waals surface area contributed by atoms with E-state index in [-0.39, 0.29) is 6.61 Å². The second-order valence-corrected chi connectivity index (χ2v) is 4.32. The maximum atomic E-state index is 6.00. The minimum Gasteiger partial charge on any atom is -0.497 e. The van der Waals surface area contributed by atoms with E-state index in [2.05, 4.69) is 4.98 Å². The zero-order chi connectivity index (χ0) is 13.0. The molecule has 0 aliphatic heterocycles. The predicted molar refractivity (Wildman–Crippen MR) is 71.6 cm³/mol. The van der Waals surface area contributed by atoms with Gasteiger partial charge in [-0.15, -0.1) is 0 Å². The molecule has 0 spiro atoms. The molecule has 0 N–H and O–H groups in total. The van der Waals surface area contributed by atoms with Crippen LogP contribution in [-0.4, -0.2) is 12.1 Å². The molecule has 5 heteroatoms. The molecule has 1 heterocycles. The summed E-state index contributed by atoms with van der Waals surface area (Å²) >= 11 is 11.8. The lowest BCUT2D eigenvalue weighted by atomic mass is 10.3. The minimum absolute atomic E-state index is 0.257. The Bertz CT molecular complexity index is 546. The summed E-state index contributed by atoms with van der Waals surface area (Å²) in [6.45, 7) is 0.257. The monoisotopic (exact) mass is 283 g/mol. The van der Waals surface area contributed by atoms with Crippen LogP contribution < -0.4 is 9.47 Å². The number of benzene rings is 1. The Morgan fingerprint density at radius 1 is 1.11 bits per heavy atom. The third-order valence-corrected chi connectivity index (χ3v) is 2.86. The van der Waals surface area contributed by atoms with Crippen molar-refractivity contribution in [3.8, 4) is 11.5 Å². The van der Waals surface area contributed by atoms with E-state index in [1.807, 2.05) is 18.2 Å². The van der Waals surface area contributed by atoms with Gasteiger partial charge in [0.2, 0.25) is 0 Å². The largest absolute Gasteiger partial charge is 0.497 e. The standard InChI is InChI=1S/C13H11Cl2NO2/c1-17-9-3-2-4-10(7-9)18-8-12-11(14)5-6-13(15)16-12/h2-7H,8H2,1H3. The number of pyridine rings is 1. The average Bonchev–Trinajstić information content (AvgIpc) is 2.40. The molecule has 1 aromatic heterocycles.